The lowest BCUT2D eigenvalue weighted by Gasteiger charge is -2.37. The van der Waals surface area contributed by atoms with E-state index in [-0.39, 0.29) is 5.41 Å². The second kappa shape index (κ2) is 3.89. The number of amides is 1. The molecule has 19 heavy (non-hydrogen) atoms. The smallest absolute Gasteiger partial charge is 0.229 e. The van der Waals surface area contributed by atoms with Gasteiger partial charge in [-0.25, -0.2) is 0 Å². The molecule has 2 saturated carbocycles. The molecule has 0 spiro atoms. The van der Waals surface area contributed by atoms with Gasteiger partial charge in [0.2, 0.25) is 5.91 Å². The lowest BCUT2D eigenvalue weighted by molar-refractivity contribution is -0.135. The fourth-order valence-electron chi connectivity index (χ4n) is 3.22. The number of piperazine rings is 1. The summed E-state index contributed by atoms with van der Waals surface area (Å²) in [4.78, 5) is 16.6. The second-order valence-corrected chi connectivity index (χ2v) is 6.40. The Balaban J connectivity index is 1.42. The first-order valence-corrected chi connectivity index (χ1v) is 7.37. The fraction of sp³-hybridized carbons (Fsp3) is 0.533. The molecule has 1 aliphatic heterocycles. The van der Waals surface area contributed by atoms with Crippen molar-refractivity contribution >= 4 is 23.2 Å². The number of fused-ring (bicyclic) bond motifs is 1. The summed E-state index contributed by atoms with van der Waals surface area (Å²) in [5.41, 5.74) is 1.21. The van der Waals surface area contributed by atoms with Crippen LogP contribution in [0.15, 0.2) is 24.3 Å². The van der Waals surface area contributed by atoms with E-state index in [1.54, 1.807) is 0 Å². The predicted octanol–water partition coefficient (Wildman–Crippen LogP) is 2.40. The van der Waals surface area contributed by atoms with Crippen molar-refractivity contribution in [3.8, 4) is 0 Å². The molecule has 3 fully saturated rings. The quantitative estimate of drug-likeness (QED) is 0.828. The third-order valence-electron chi connectivity index (χ3n) is 4.87. The minimum atomic E-state index is 0.118. The van der Waals surface area contributed by atoms with E-state index >= 15 is 0 Å². The molecule has 1 aromatic carbocycles. The van der Waals surface area contributed by atoms with Crippen molar-refractivity contribution in [2.75, 3.05) is 31.1 Å². The average molecular weight is 277 g/mol. The van der Waals surface area contributed by atoms with Gasteiger partial charge in [-0.2, -0.15) is 0 Å². The van der Waals surface area contributed by atoms with Gasteiger partial charge in [-0.15, -0.1) is 0 Å². The first-order chi connectivity index (χ1) is 9.21. The molecule has 3 aliphatic rings. The molecular weight excluding hydrogens is 260 g/mol. The van der Waals surface area contributed by atoms with Crippen LogP contribution in [0.1, 0.15) is 12.8 Å². The van der Waals surface area contributed by atoms with Gasteiger partial charge in [0, 0.05) is 26.2 Å². The van der Waals surface area contributed by atoms with Crippen LogP contribution in [-0.4, -0.2) is 37.0 Å². The molecule has 4 rings (SSSR count). The zero-order chi connectivity index (χ0) is 13.0. The summed E-state index contributed by atoms with van der Waals surface area (Å²) < 4.78 is 0. The molecular formula is C15H17ClN2O. The van der Waals surface area contributed by atoms with Crippen molar-refractivity contribution in [1.29, 1.82) is 0 Å². The van der Waals surface area contributed by atoms with Gasteiger partial charge in [-0.1, -0.05) is 23.7 Å². The maximum absolute atomic E-state index is 12.3. The predicted molar refractivity (Wildman–Crippen MR) is 75.4 cm³/mol. The minimum absolute atomic E-state index is 0.118. The van der Waals surface area contributed by atoms with Gasteiger partial charge in [0.1, 0.15) is 0 Å². The number of carbonyl (C=O) groups is 1. The Morgan fingerprint density at radius 1 is 1.16 bits per heavy atom. The highest BCUT2D eigenvalue weighted by Gasteiger charge is 2.75. The fourth-order valence-corrected chi connectivity index (χ4v) is 3.48. The van der Waals surface area contributed by atoms with Crippen molar-refractivity contribution in [1.82, 2.24) is 4.90 Å². The van der Waals surface area contributed by atoms with E-state index < -0.39 is 0 Å². The van der Waals surface area contributed by atoms with E-state index in [4.69, 9.17) is 11.6 Å². The number of anilines is 1. The number of hydrogen-bond acceptors (Lipinski definition) is 2. The Hall–Kier alpha value is -1.22. The molecule has 100 valence electrons. The Bertz CT molecular complexity index is 531. The van der Waals surface area contributed by atoms with E-state index in [2.05, 4.69) is 15.9 Å². The molecule has 0 radical (unpaired) electrons. The summed E-state index contributed by atoms with van der Waals surface area (Å²) in [6, 6.07) is 7.93. The Morgan fingerprint density at radius 3 is 2.37 bits per heavy atom. The highest BCUT2D eigenvalue weighted by atomic mass is 35.5. The number of halogens is 1. The molecule has 0 N–H and O–H groups in total. The zero-order valence-corrected chi connectivity index (χ0v) is 11.6. The molecule has 1 saturated heterocycles. The second-order valence-electron chi connectivity index (χ2n) is 5.99. The topological polar surface area (TPSA) is 23.6 Å². The van der Waals surface area contributed by atoms with Crippen LogP contribution in [0.5, 0.6) is 0 Å². The molecule has 3 nitrogen and oxygen atoms in total. The largest absolute Gasteiger partial charge is 0.367 e. The molecule has 1 amide bonds. The van der Waals surface area contributed by atoms with Crippen LogP contribution < -0.4 is 4.90 Å². The van der Waals surface area contributed by atoms with Crippen molar-refractivity contribution in [2.24, 2.45) is 11.3 Å². The lowest BCUT2D eigenvalue weighted by atomic mass is 10.1. The summed E-state index contributed by atoms with van der Waals surface area (Å²) >= 11 is 6.22. The summed E-state index contributed by atoms with van der Waals surface area (Å²) in [7, 11) is 0. The molecule has 4 heteroatoms. The van der Waals surface area contributed by atoms with Gasteiger partial charge in [0.25, 0.3) is 0 Å². The molecule has 2 aliphatic carbocycles. The van der Waals surface area contributed by atoms with E-state index in [1.165, 1.54) is 0 Å². The van der Waals surface area contributed by atoms with Gasteiger partial charge < -0.3 is 9.80 Å². The van der Waals surface area contributed by atoms with Gasteiger partial charge in [-0.05, 0) is 30.9 Å². The number of rotatable bonds is 2. The van der Waals surface area contributed by atoms with E-state index in [0.717, 1.165) is 55.6 Å². The number of hydrogen-bond donors (Lipinski definition) is 0. The molecule has 0 aromatic heterocycles. The average Bonchev–Trinajstić information content (AvgIpc) is 3.28. The normalized spacial score (nSPS) is 31.9. The van der Waals surface area contributed by atoms with E-state index in [0.29, 0.717) is 5.91 Å². The number of carbonyl (C=O) groups excluding carboxylic acids is 1. The SMILES string of the molecule is O=C(N1CCN(c2ccccc2Cl)CC1)C12CC1C2. The van der Waals surface area contributed by atoms with Crippen LogP contribution in [0.3, 0.4) is 0 Å². The van der Waals surface area contributed by atoms with Crippen molar-refractivity contribution in [3.05, 3.63) is 29.3 Å². The Kier molecular flexibility index (Phi) is 2.37. The Morgan fingerprint density at radius 2 is 1.79 bits per heavy atom. The van der Waals surface area contributed by atoms with Crippen LogP contribution in [0.25, 0.3) is 0 Å². The van der Waals surface area contributed by atoms with Crippen molar-refractivity contribution in [3.63, 3.8) is 0 Å². The van der Waals surface area contributed by atoms with Crippen LogP contribution in [0.4, 0.5) is 5.69 Å². The summed E-state index contributed by atoms with van der Waals surface area (Å²) in [6.45, 7) is 3.43. The summed E-state index contributed by atoms with van der Waals surface area (Å²) in [6.07, 6.45) is 2.30. The lowest BCUT2D eigenvalue weighted by Crippen LogP contribution is -2.50. The van der Waals surface area contributed by atoms with E-state index in [1.807, 2.05) is 18.2 Å². The highest BCUT2D eigenvalue weighted by molar-refractivity contribution is 6.33. The molecule has 1 aromatic rings. The van der Waals surface area contributed by atoms with Gasteiger partial charge in [0.05, 0.1) is 16.1 Å². The van der Waals surface area contributed by atoms with Crippen LogP contribution in [0, 0.1) is 11.3 Å². The Labute approximate surface area is 118 Å². The highest BCUT2D eigenvalue weighted by Crippen LogP contribution is 2.75. The molecule has 0 unspecified atom stereocenters. The minimum Gasteiger partial charge on any atom is -0.367 e. The van der Waals surface area contributed by atoms with Crippen LogP contribution in [0.2, 0.25) is 5.02 Å². The number of nitrogens with zero attached hydrogens (tertiary/aromatic N) is 2. The van der Waals surface area contributed by atoms with Gasteiger partial charge in [0.15, 0.2) is 0 Å². The maximum atomic E-state index is 12.3. The third kappa shape index (κ3) is 1.75. The van der Waals surface area contributed by atoms with Crippen LogP contribution >= 0.6 is 11.6 Å². The van der Waals surface area contributed by atoms with Crippen molar-refractivity contribution < 1.29 is 4.79 Å². The third-order valence-corrected chi connectivity index (χ3v) is 5.19. The zero-order valence-electron chi connectivity index (χ0n) is 10.8. The standard InChI is InChI=1S/C15H17ClN2O/c16-12-3-1-2-4-13(12)17-5-7-18(8-6-17)14(19)15-9-11(15)10-15/h1-4,11H,5-10H2. The molecule has 1 heterocycles. The number of benzene rings is 1. The summed E-state index contributed by atoms with van der Waals surface area (Å²) in [5, 5.41) is 0.797. The number of para-hydroxylation sites is 1. The first-order valence-electron chi connectivity index (χ1n) is 6.99. The summed E-state index contributed by atoms with van der Waals surface area (Å²) in [5.74, 6) is 1.15. The van der Waals surface area contributed by atoms with E-state index in [9.17, 15) is 4.79 Å². The van der Waals surface area contributed by atoms with Crippen molar-refractivity contribution in [2.45, 2.75) is 12.8 Å². The molecule has 0 atom stereocenters. The molecule has 0 bridgehead atoms. The maximum Gasteiger partial charge on any atom is 0.229 e. The monoisotopic (exact) mass is 276 g/mol. The van der Waals surface area contributed by atoms with Crippen LogP contribution in [-0.2, 0) is 4.79 Å². The van der Waals surface area contributed by atoms with Gasteiger partial charge >= 0.3 is 0 Å². The first kappa shape index (κ1) is 11.6. The van der Waals surface area contributed by atoms with Gasteiger partial charge in [-0.3, -0.25) is 4.79 Å².